The monoisotopic (exact) mass is 308 g/mol. The fraction of sp³-hybridized carbons (Fsp3) is 0.750. The number of carbonyl (C=O) groups excluding carboxylic acids is 1. The molecule has 92 valence electrons. The number of hydrogen-bond acceptors (Lipinski definition) is 2. The third-order valence-corrected chi connectivity index (χ3v) is 4.47. The van der Waals surface area contributed by atoms with E-state index in [1.165, 1.54) is 0 Å². The molecular weight excluding hydrogens is 291 g/mol. The van der Waals surface area contributed by atoms with Gasteiger partial charge in [-0.25, -0.2) is 0 Å². The summed E-state index contributed by atoms with van der Waals surface area (Å²) in [6.07, 6.45) is 8.04. The molecule has 0 aliphatic carbocycles. The van der Waals surface area contributed by atoms with Gasteiger partial charge in [-0.1, -0.05) is 35.0 Å². The normalized spacial score (nSPS) is 34.8. The van der Waals surface area contributed by atoms with Crippen LogP contribution < -0.4 is 0 Å². The molecule has 1 heterocycles. The van der Waals surface area contributed by atoms with Crippen LogP contribution >= 0.6 is 27.5 Å². The van der Waals surface area contributed by atoms with Gasteiger partial charge in [-0.2, -0.15) is 0 Å². The minimum atomic E-state index is -0.166. The Morgan fingerprint density at radius 1 is 1.56 bits per heavy atom. The van der Waals surface area contributed by atoms with Crippen molar-refractivity contribution in [3.63, 3.8) is 0 Å². The molecule has 1 rings (SSSR count). The topological polar surface area (TPSA) is 26.3 Å². The maximum absolute atomic E-state index is 10.6. The zero-order valence-electron chi connectivity index (χ0n) is 9.44. The van der Waals surface area contributed by atoms with Crippen LogP contribution in [0.3, 0.4) is 0 Å². The van der Waals surface area contributed by atoms with Gasteiger partial charge in [-0.3, -0.25) is 0 Å². The molecule has 0 aromatic rings. The fourth-order valence-corrected chi connectivity index (χ4v) is 2.37. The van der Waals surface area contributed by atoms with E-state index in [4.69, 9.17) is 16.3 Å². The second-order valence-electron chi connectivity index (χ2n) is 4.00. The molecule has 0 saturated heterocycles. The molecule has 0 spiro atoms. The molecule has 0 radical (unpaired) electrons. The molecule has 16 heavy (non-hydrogen) atoms. The van der Waals surface area contributed by atoms with Gasteiger partial charge in [0.1, 0.15) is 6.29 Å². The van der Waals surface area contributed by atoms with Crippen molar-refractivity contribution in [3.8, 4) is 0 Å². The molecule has 2 nitrogen and oxygen atoms in total. The molecule has 0 bridgehead atoms. The van der Waals surface area contributed by atoms with Gasteiger partial charge in [0.25, 0.3) is 0 Å². The Hall–Kier alpha value is 0.140. The lowest BCUT2D eigenvalue weighted by molar-refractivity contribution is -0.111. The van der Waals surface area contributed by atoms with E-state index < -0.39 is 0 Å². The highest BCUT2D eigenvalue weighted by molar-refractivity contribution is 9.09. The quantitative estimate of drug-likeness (QED) is 0.451. The van der Waals surface area contributed by atoms with Gasteiger partial charge in [0.05, 0.1) is 17.6 Å². The number of halogens is 2. The van der Waals surface area contributed by atoms with E-state index in [1.807, 2.05) is 0 Å². The predicted octanol–water partition coefficient (Wildman–Crippen LogP) is 3.46. The molecule has 0 amide bonds. The van der Waals surface area contributed by atoms with Crippen LogP contribution in [0.1, 0.15) is 32.6 Å². The Morgan fingerprint density at radius 2 is 2.25 bits per heavy atom. The zero-order valence-corrected chi connectivity index (χ0v) is 11.8. The second-order valence-corrected chi connectivity index (χ2v) is 5.74. The van der Waals surface area contributed by atoms with Gasteiger partial charge in [0.2, 0.25) is 0 Å². The number of rotatable bonds is 4. The number of alkyl halides is 2. The summed E-state index contributed by atoms with van der Waals surface area (Å²) in [5.74, 6) is 0. The van der Waals surface area contributed by atoms with Crippen molar-refractivity contribution in [1.29, 1.82) is 0 Å². The first-order valence-corrected chi connectivity index (χ1v) is 7.06. The van der Waals surface area contributed by atoms with E-state index in [1.54, 1.807) is 0 Å². The van der Waals surface area contributed by atoms with E-state index >= 15 is 0 Å². The van der Waals surface area contributed by atoms with Crippen LogP contribution in [0.4, 0.5) is 0 Å². The number of carbonyl (C=O) groups is 1. The molecule has 4 heteroatoms. The molecule has 0 unspecified atom stereocenters. The predicted molar refractivity (Wildman–Crippen MR) is 70.4 cm³/mol. The highest BCUT2D eigenvalue weighted by Gasteiger charge is 2.27. The lowest BCUT2D eigenvalue weighted by Crippen LogP contribution is -2.35. The fourth-order valence-electron chi connectivity index (χ4n) is 1.77. The number of ether oxygens (including phenoxy) is 1. The molecule has 0 N–H and O–H groups in total. The first-order valence-electron chi connectivity index (χ1n) is 5.71. The van der Waals surface area contributed by atoms with Crippen molar-refractivity contribution in [2.75, 3.05) is 0 Å². The summed E-state index contributed by atoms with van der Waals surface area (Å²) < 4.78 is 5.94. The van der Waals surface area contributed by atoms with Crippen molar-refractivity contribution in [2.24, 2.45) is 0 Å². The van der Waals surface area contributed by atoms with E-state index in [0.29, 0.717) is 11.2 Å². The van der Waals surface area contributed by atoms with Gasteiger partial charge >= 0.3 is 0 Å². The summed E-state index contributed by atoms with van der Waals surface area (Å²) in [6, 6.07) is 0. The Bertz CT molecular complexity index is 245. The largest absolute Gasteiger partial charge is 0.372 e. The first-order chi connectivity index (χ1) is 7.69. The summed E-state index contributed by atoms with van der Waals surface area (Å²) in [6.45, 7) is 2.11. The molecule has 0 saturated carbocycles. The lowest BCUT2D eigenvalue weighted by atomic mass is 10.0. The van der Waals surface area contributed by atoms with Crippen LogP contribution in [0, 0.1) is 0 Å². The summed E-state index contributed by atoms with van der Waals surface area (Å²) in [4.78, 5) is 10.9. The van der Waals surface area contributed by atoms with Gasteiger partial charge in [-0.05, 0) is 19.3 Å². The van der Waals surface area contributed by atoms with Crippen molar-refractivity contribution in [1.82, 2.24) is 0 Å². The van der Waals surface area contributed by atoms with Crippen molar-refractivity contribution >= 4 is 33.8 Å². The maximum atomic E-state index is 10.6. The Labute approximate surface area is 111 Å². The SMILES string of the molecule is CC[C@@H](Br)[C@H]1C/C=C\C[C@H](Cl)[C@H](CC=O)O1. The molecule has 0 aromatic carbocycles. The summed E-state index contributed by atoms with van der Waals surface area (Å²) in [7, 11) is 0. The Kier molecular flexibility index (Phi) is 6.62. The second kappa shape index (κ2) is 7.46. The van der Waals surface area contributed by atoms with Crippen LogP contribution in [0.15, 0.2) is 12.2 Å². The third kappa shape index (κ3) is 4.19. The Balaban J connectivity index is 2.68. The van der Waals surface area contributed by atoms with Crippen LogP contribution in [-0.2, 0) is 9.53 Å². The van der Waals surface area contributed by atoms with Crippen LogP contribution in [0.2, 0.25) is 0 Å². The summed E-state index contributed by atoms with van der Waals surface area (Å²) in [5.41, 5.74) is 0. The Morgan fingerprint density at radius 3 is 2.88 bits per heavy atom. The minimum absolute atomic E-state index is 0.104. The van der Waals surface area contributed by atoms with Crippen molar-refractivity contribution in [2.45, 2.75) is 55.0 Å². The lowest BCUT2D eigenvalue weighted by Gasteiger charge is -2.30. The standard InChI is InChI=1S/C12H18BrClO2/c1-2-9(13)11-6-4-3-5-10(14)12(16-11)7-8-15/h3-4,8-12H,2,5-7H2,1H3/b4-3-/t9-,10+,11-,12+/m1/s1. The number of allylic oxidation sites excluding steroid dienone is 1. The van der Waals surface area contributed by atoms with E-state index in [2.05, 4.69) is 35.0 Å². The van der Waals surface area contributed by atoms with Gasteiger partial charge in [-0.15, -0.1) is 11.6 Å². The van der Waals surface area contributed by atoms with E-state index in [0.717, 1.165) is 25.5 Å². The molecule has 4 atom stereocenters. The third-order valence-electron chi connectivity index (χ3n) is 2.77. The molecule has 0 aromatic heterocycles. The van der Waals surface area contributed by atoms with Crippen LogP contribution in [0.5, 0.6) is 0 Å². The summed E-state index contributed by atoms with van der Waals surface area (Å²) >= 11 is 9.81. The summed E-state index contributed by atoms with van der Waals surface area (Å²) in [5, 5.41) is -0.110. The maximum Gasteiger partial charge on any atom is 0.122 e. The number of aldehydes is 1. The minimum Gasteiger partial charge on any atom is -0.372 e. The smallest absolute Gasteiger partial charge is 0.122 e. The average Bonchev–Trinajstić information content (AvgIpc) is 2.28. The molecule has 1 aliphatic heterocycles. The zero-order chi connectivity index (χ0) is 12.0. The van der Waals surface area contributed by atoms with Crippen LogP contribution in [-0.4, -0.2) is 28.7 Å². The van der Waals surface area contributed by atoms with Gasteiger partial charge in [0, 0.05) is 11.2 Å². The highest BCUT2D eigenvalue weighted by atomic mass is 79.9. The van der Waals surface area contributed by atoms with Crippen molar-refractivity contribution in [3.05, 3.63) is 12.2 Å². The van der Waals surface area contributed by atoms with E-state index in [9.17, 15) is 4.79 Å². The molecule has 1 aliphatic rings. The van der Waals surface area contributed by atoms with Gasteiger partial charge < -0.3 is 9.53 Å². The van der Waals surface area contributed by atoms with Crippen LogP contribution in [0.25, 0.3) is 0 Å². The van der Waals surface area contributed by atoms with Crippen molar-refractivity contribution < 1.29 is 9.53 Å². The first kappa shape index (κ1) is 14.2. The molecule has 0 fully saturated rings. The molecular formula is C12H18BrClO2. The van der Waals surface area contributed by atoms with Gasteiger partial charge in [0.15, 0.2) is 0 Å². The number of hydrogen-bond donors (Lipinski definition) is 0. The average molecular weight is 310 g/mol. The van der Waals surface area contributed by atoms with E-state index in [-0.39, 0.29) is 17.6 Å². The highest BCUT2D eigenvalue weighted by Crippen LogP contribution is 2.25.